The Morgan fingerprint density at radius 1 is 1.38 bits per heavy atom. The highest BCUT2D eigenvalue weighted by atomic mass is 35.5. The van der Waals surface area contributed by atoms with Crippen molar-refractivity contribution in [1.29, 1.82) is 5.26 Å². The van der Waals surface area contributed by atoms with E-state index in [2.05, 4.69) is 23.5 Å². The Balaban J connectivity index is 2.10. The first kappa shape index (κ1) is 11.4. The normalized spacial score (nSPS) is 17.5. The molecule has 1 aromatic carbocycles. The zero-order valence-corrected chi connectivity index (χ0v) is 9.87. The molecule has 16 heavy (non-hydrogen) atoms. The number of halogens is 1. The molecule has 0 aromatic heterocycles. The summed E-state index contributed by atoms with van der Waals surface area (Å²) in [5, 5.41) is 12.7. The van der Waals surface area contributed by atoms with Gasteiger partial charge < -0.3 is 0 Å². The highest BCUT2D eigenvalue weighted by Gasteiger charge is 2.27. The Hall–Kier alpha value is -1.04. The van der Waals surface area contributed by atoms with Crippen LogP contribution >= 0.6 is 11.6 Å². The number of nitrogens with one attached hydrogen (secondary N) is 1. The van der Waals surface area contributed by atoms with Gasteiger partial charge in [0.25, 0.3) is 0 Å². The van der Waals surface area contributed by atoms with Gasteiger partial charge in [0.15, 0.2) is 0 Å². The molecular weight excluding hydrogens is 220 g/mol. The molecule has 1 aliphatic carbocycles. The van der Waals surface area contributed by atoms with E-state index in [0.717, 1.165) is 5.02 Å². The second-order valence-corrected chi connectivity index (χ2v) is 4.70. The fraction of sp³-hybridized carbons (Fsp3) is 0.462. The van der Waals surface area contributed by atoms with E-state index in [-0.39, 0.29) is 0 Å². The van der Waals surface area contributed by atoms with Gasteiger partial charge in [0, 0.05) is 11.1 Å². The second-order valence-electron chi connectivity index (χ2n) is 4.26. The van der Waals surface area contributed by atoms with Crippen LogP contribution < -0.4 is 5.32 Å². The van der Waals surface area contributed by atoms with E-state index in [4.69, 9.17) is 16.9 Å². The van der Waals surface area contributed by atoms with Gasteiger partial charge in [-0.25, -0.2) is 0 Å². The Morgan fingerprint density at radius 3 is 2.56 bits per heavy atom. The first-order valence-electron chi connectivity index (χ1n) is 5.67. The highest BCUT2D eigenvalue weighted by Crippen LogP contribution is 2.37. The largest absolute Gasteiger partial charge is 0.297 e. The number of benzene rings is 1. The van der Waals surface area contributed by atoms with Crippen molar-refractivity contribution < 1.29 is 0 Å². The first-order valence-corrected chi connectivity index (χ1v) is 6.05. The van der Waals surface area contributed by atoms with Crippen molar-refractivity contribution in [2.24, 2.45) is 5.92 Å². The molecule has 0 bridgehead atoms. The number of hydrogen-bond donors (Lipinski definition) is 1. The number of hydrogen-bond acceptors (Lipinski definition) is 2. The van der Waals surface area contributed by atoms with Gasteiger partial charge in [-0.2, -0.15) is 5.26 Å². The van der Waals surface area contributed by atoms with Gasteiger partial charge in [0.1, 0.15) is 0 Å². The van der Waals surface area contributed by atoms with Crippen molar-refractivity contribution in [3.63, 3.8) is 0 Å². The topological polar surface area (TPSA) is 35.8 Å². The van der Waals surface area contributed by atoms with Gasteiger partial charge in [-0.15, -0.1) is 0 Å². The zero-order valence-electron chi connectivity index (χ0n) is 9.12. The smallest absolute Gasteiger partial charge is 0.0845 e. The molecule has 2 nitrogen and oxygen atoms in total. The molecule has 1 fully saturated rings. The number of nitriles is 1. The van der Waals surface area contributed by atoms with E-state index in [9.17, 15) is 0 Å². The maximum absolute atomic E-state index is 8.65. The third-order valence-electron chi connectivity index (χ3n) is 3.25. The Kier molecular flexibility index (Phi) is 3.82. The van der Waals surface area contributed by atoms with Crippen LogP contribution in [0.1, 0.15) is 30.9 Å². The molecule has 1 atom stereocenters. The summed E-state index contributed by atoms with van der Waals surface area (Å²) in [5.41, 5.74) is 1.24. The molecule has 1 N–H and O–H groups in total. The standard InChI is InChI=1S/C13H15ClN2/c14-12-6-4-11(5-7-12)13(16-9-8-15)10-2-1-3-10/h4-7,10,13,16H,1-3,9H2/t13-/m1/s1. The lowest BCUT2D eigenvalue weighted by molar-refractivity contribution is 0.235. The van der Waals surface area contributed by atoms with Gasteiger partial charge in [-0.3, -0.25) is 5.32 Å². The predicted octanol–water partition coefficient (Wildman–Crippen LogP) is 3.29. The molecule has 1 aliphatic rings. The van der Waals surface area contributed by atoms with Crippen LogP contribution in [0.3, 0.4) is 0 Å². The number of nitrogens with zero attached hydrogens (tertiary/aromatic N) is 1. The minimum absolute atomic E-state index is 0.311. The third kappa shape index (κ3) is 2.55. The van der Waals surface area contributed by atoms with Crippen molar-refractivity contribution in [2.45, 2.75) is 25.3 Å². The quantitative estimate of drug-likeness (QED) is 0.812. The SMILES string of the molecule is N#CCN[C@@H](c1ccc(Cl)cc1)C1CCC1. The van der Waals surface area contributed by atoms with Gasteiger partial charge in [0.2, 0.25) is 0 Å². The van der Waals surface area contributed by atoms with Crippen molar-refractivity contribution in [3.05, 3.63) is 34.9 Å². The molecule has 0 heterocycles. The summed E-state index contributed by atoms with van der Waals surface area (Å²) < 4.78 is 0. The minimum Gasteiger partial charge on any atom is -0.297 e. The van der Waals surface area contributed by atoms with E-state index in [1.165, 1.54) is 24.8 Å². The summed E-state index contributed by atoms with van der Waals surface area (Å²) in [4.78, 5) is 0. The fourth-order valence-corrected chi connectivity index (χ4v) is 2.28. The van der Waals surface area contributed by atoms with Crippen LogP contribution in [0.2, 0.25) is 5.02 Å². The van der Waals surface area contributed by atoms with E-state index >= 15 is 0 Å². The zero-order chi connectivity index (χ0) is 11.4. The highest BCUT2D eigenvalue weighted by molar-refractivity contribution is 6.30. The fourth-order valence-electron chi connectivity index (χ4n) is 2.16. The molecule has 0 radical (unpaired) electrons. The predicted molar refractivity (Wildman–Crippen MR) is 65.1 cm³/mol. The molecule has 0 amide bonds. The van der Waals surface area contributed by atoms with Crippen LogP contribution in [-0.4, -0.2) is 6.54 Å². The van der Waals surface area contributed by atoms with Crippen molar-refractivity contribution in [1.82, 2.24) is 5.32 Å². The lowest BCUT2D eigenvalue weighted by Crippen LogP contribution is -2.32. The third-order valence-corrected chi connectivity index (χ3v) is 3.50. The van der Waals surface area contributed by atoms with Gasteiger partial charge in [0.05, 0.1) is 12.6 Å². The summed E-state index contributed by atoms with van der Waals surface area (Å²) in [5.74, 6) is 0.675. The summed E-state index contributed by atoms with van der Waals surface area (Å²) in [6.45, 7) is 0.407. The second kappa shape index (κ2) is 5.34. The Morgan fingerprint density at radius 2 is 2.06 bits per heavy atom. The summed E-state index contributed by atoms with van der Waals surface area (Å²) in [6.07, 6.45) is 3.82. The summed E-state index contributed by atoms with van der Waals surface area (Å²) in [7, 11) is 0. The molecule has 0 aliphatic heterocycles. The molecule has 1 saturated carbocycles. The molecule has 1 aromatic rings. The molecule has 0 spiro atoms. The van der Waals surface area contributed by atoms with Crippen LogP contribution in [0, 0.1) is 17.2 Å². The first-order chi connectivity index (χ1) is 7.81. The summed E-state index contributed by atoms with van der Waals surface area (Å²) in [6, 6.07) is 10.4. The van der Waals surface area contributed by atoms with Crippen molar-refractivity contribution in [2.75, 3.05) is 6.54 Å². The van der Waals surface area contributed by atoms with E-state index in [1.807, 2.05) is 12.1 Å². The van der Waals surface area contributed by atoms with Crippen molar-refractivity contribution in [3.8, 4) is 6.07 Å². The van der Waals surface area contributed by atoms with E-state index in [1.54, 1.807) is 0 Å². The van der Waals surface area contributed by atoms with Crippen LogP contribution in [0.25, 0.3) is 0 Å². The molecule has 0 unspecified atom stereocenters. The average Bonchev–Trinajstić information content (AvgIpc) is 2.23. The molecule has 84 valence electrons. The summed E-state index contributed by atoms with van der Waals surface area (Å²) >= 11 is 5.88. The van der Waals surface area contributed by atoms with Gasteiger partial charge in [-0.05, 0) is 36.5 Å². The lowest BCUT2D eigenvalue weighted by Gasteiger charge is -2.34. The Bertz CT molecular complexity index is 376. The van der Waals surface area contributed by atoms with Crippen LogP contribution in [0.15, 0.2) is 24.3 Å². The van der Waals surface area contributed by atoms with Crippen LogP contribution in [0.5, 0.6) is 0 Å². The molecular formula is C13H15ClN2. The molecule has 3 heteroatoms. The maximum Gasteiger partial charge on any atom is 0.0845 e. The number of rotatable bonds is 4. The average molecular weight is 235 g/mol. The van der Waals surface area contributed by atoms with E-state index in [0.29, 0.717) is 18.5 Å². The van der Waals surface area contributed by atoms with Gasteiger partial charge in [-0.1, -0.05) is 30.2 Å². The van der Waals surface area contributed by atoms with E-state index < -0.39 is 0 Å². The molecule has 0 saturated heterocycles. The Labute approximate surface area is 101 Å². The monoisotopic (exact) mass is 234 g/mol. The van der Waals surface area contributed by atoms with Gasteiger partial charge >= 0.3 is 0 Å². The molecule has 2 rings (SSSR count). The van der Waals surface area contributed by atoms with Crippen LogP contribution in [0.4, 0.5) is 0 Å². The van der Waals surface area contributed by atoms with Crippen LogP contribution in [-0.2, 0) is 0 Å². The minimum atomic E-state index is 0.311. The lowest BCUT2D eigenvalue weighted by atomic mass is 9.77. The maximum atomic E-state index is 8.65. The van der Waals surface area contributed by atoms with Crippen molar-refractivity contribution >= 4 is 11.6 Å².